The summed E-state index contributed by atoms with van der Waals surface area (Å²) in [6.07, 6.45) is 0. The summed E-state index contributed by atoms with van der Waals surface area (Å²) in [4.78, 5) is 12.1. The number of hydrogen-bond acceptors (Lipinski definition) is 3. The van der Waals surface area contributed by atoms with E-state index in [4.69, 9.17) is 10.8 Å². The van der Waals surface area contributed by atoms with Gasteiger partial charge in [0.15, 0.2) is 0 Å². The first-order valence-corrected chi connectivity index (χ1v) is 6.86. The minimum atomic E-state index is -0.893. The highest BCUT2D eigenvalue weighted by atomic mass is 32.2. The van der Waals surface area contributed by atoms with E-state index in [9.17, 15) is 4.79 Å². The van der Waals surface area contributed by atoms with Crippen LogP contribution in [0.3, 0.4) is 0 Å². The molecule has 19 heavy (non-hydrogen) atoms. The summed E-state index contributed by atoms with van der Waals surface area (Å²) in [7, 11) is 0. The molecule has 4 heteroatoms. The first-order valence-electron chi connectivity index (χ1n) is 5.87. The Balaban J connectivity index is 2.10. The Labute approximate surface area is 116 Å². The minimum Gasteiger partial charge on any atom is -0.478 e. The molecule has 0 saturated carbocycles. The van der Waals surface area contributed by atoms with E-state index in [2.05, 4.69) is 0 Å². The molecule has 3 nitrogen and oxygen atoms in total. The summed E-state index contributed by atoms with van der Waals surface area (Å²) in [6.45, 7) is 2.02. The first-order chi connectivity index (χ1) is 9.06. The van der Waals surface area contributed by atoms with E-state index in [1.165, 1.54) is 0 Å². The van der Waals surface area contributed by atoms with Crippen LogP contribution in [0, 0.1) is 6.92 Å². The summed E-state index contributed by atoms with van der Waals surface area (Å²) in [6, 6.07) is 12.8. The van der Waals surface area contributed by atoms with Gasteiger partial charge < -0.3 is 10.8 Å². The van der Waals surface area contributed by atoms with Crippen LogP contribution in [0.15, 0.2) is 47.4 Å². The van der Waals surface area contributed by atoms with E-state index >= 15 is 0 Å². The summed E-state index contributed by atoms with van der Waals surface area (Å²) in [5.74, 6) is -0.151. The number of anilines is 1. The molecular weight excluding hydrogens is 258 g/mol. The minimum absolute atomic E-state index is 0.326. The van der Waals surface area contributed by atoms with Gasteiger partial charge in [0.1, 0.15) is 0 Å². The molecule has 3 N–H and O–H groups in total. The number of aryl methyl sites for hydroxylation is 1. The van der Waals surface area contributed by atoms with Crippen molar-refractivity contribution in [3.8, 4) is 0 Å². The van der Waals surface area contributed by atoms with Gasteiger partial charge in [-0.2, -0.15) is 0 Å². The van der Waals surface area contributed by atoms with E-state index in [0.29, 0.717) is 5.56 Å². The molecule has 98 valence electrons. The summed E-state index contributed by atoms with van der Waals surface area (Å²) in [5.41, 5.74) is 8.94. The zero-order valence-corrected chi connectivity index (χ0v) is 11.4. The summed E-state index contributed by atoms with van der Waals surface area (Å²) in [5, 5.41) is 8.95. The van der Waals surface area contributed by atoms with Gasteiger partial charge in [0.2, 0.25) is 0 Å². The van der Waals surface area contributed by atoms with Crippen LogP contribution < -0.4 is 5.73 Å². The van der Waals surface area contributed by atoms with Gasteiger partial charge >= 0.3 is 5.97 Å². The number of benzene rings is 2. The van der Waals surface area contributed by atoms with Crippen LogP contribution in [0.5, 0.6) is 0 Å². The fourth-order valence-electron chi connectivity index (χ4n) is 1.79. The van der Waals surface area contributed by atoms with E-state index in [-0.39, 0.29) is 0 Å². The Morgan fingerprint density at radius 2 is 2.05 bits per heavy atom. The highest BCUT2D eigenvalue weighted by Crippen LogP contribution is 2.27. The van der Waals surface area contributed by atoms with Crippen molar-refractivity contribution in [2.24, 2.45) is 0 Å². The third-order valence-corrected chi connectivity index (χ3v) is 4.01. The molecule has 0 radical (unpaired) electrons. The molecule has 0 saturated heterocycles. The number of carbonyl (C=O) groups is 1. The quantitative estimate of drug-likeness (QED) is 0.660. The topological polar surface area (TPSA) is 63.3 Å². The Morgan fingerprint density at radius 3 is 2.74 bits per heavy atom. The molecule has 0 amide bonds. The van der Waals surface area contributed by atoms with E-state index in [1.807, 2.05) is 31.2 Å². The van der Waals surface area contributed by atoms with Crippen LogP contribution in [-0.2, 0) is 5.75 Å². The highest BCUT2D eigenvalue weighted by Gasteiger charge is 2.05. The van der Waals surface area contributed by atoms with Crippen molar-refractivity contribution in [3.05, 3.63) is 59.2 Å². The Kier molecular flexibility index (Phi) is 4.12. The third-order valence-electron chi connectivity index (χ3n) is 2.77. The van der Waals surface area contributed by atoms with Crippen LogP contribution in [0.1, 0.15) is 21.5 Å². The van der Waals surface area contributed by atoms with Crippen LogP contribution in [0.2, 0.25) is 0 Å². The number of nitrogens with two attached hydrogens (primary N) is 1. The zero-order chi connectivity index (χ0) is 13.8. The number of thioether (sulfide) groups is 1. The number of carboxylic acid groups (broad SMARTS) is 1. The second-order valence-corrected chi connectivity index (χ2v) is 5.34. The van der Waals surface area contributed by atoms with Gasteiger partial charge in [-0.05, 0) is 48.4 Å². The molecule has 0 bridgehead atoms. The number of aromatic carboxylic acids is 1. The summed E-state index contributed by atoms with van der Waals surface area (Å²) < 4.78 is 0. The van der Waals surface area contributed by atoms with Crippen LogP contribution in [0.4, 0.5) is 5.69 Å². The monoisotopic (exact) mass is 273 g/mol. The second-order valence-electron chi connectivity index (χ2n) is 4.32. The average molecular weight is 273 g/mol. The van der Waals surface area contributed by atoms with Crippen molar-refractivity contribution in [2.75, 3.05) is 5.73 Å². The van der Waals surface area contributed by atoms with Gasteiger partial charge in [0.25, 0.3) is 0 Å². The van der Waals surface area contributed by atoms with Gasteiger partial charge in [-0.3, -0.25) is 0 Å². The lowest BCUT2D eigenvalue weighted by Gasteiger charge is -2.07. The smallest absolute Gasteiger partial charge is 0.335 e. The molecular formula is C15H15NO2S. The second kappa shape index (κ2) is 5.80. The Hall–Kier alpha value is -1.94. The molecule has 0 aliphatic rings. The maximum absolute atomic E-state index is 10.9. The standard InChI is InChI=1S/C15H15NO2S/c1-10-7-13(16)5-6-14(10)19-9-11-3-2-4-12(8-11)15(17)18/h2-8H,9,16H2,1H3,(H,17,18). The molecule has 0 aliphatic heterocycles. The van der Waals surface area contributed by atoms with Gasteiger partial charge in [0, 0.05) is 16.3 Å². The molecule has 0 heterocycles. The van der Waals surface area contributed by atoms with Gasteiger partial charge in [-0.15, -0.1) is 11.8 Å². The van der Waals surface area contributed by atoms with Crippen molar-refractivity contribution in [1.82, 2.24) is 0 Å². The number of carboxylic acids is 1. The molecule has 0 atom stereocenters. The van der Waals surface area contributed by atoms with Crippen molar-refractivity contribution < 1.29 is 9.90 Å². The SMILES string of the molecule is Cc1cc(N)ccc1SCc1cccc(C(=O)O)c1. The number of rotatable bonds is 4. The maximum Gasteiger partial charge on any atom is 0.335 e. The lowest BCUT2D eigenvalue weighted by molar-refractivity contribution is 0.0697. The Morgan fingerprint density at radius 1 is 1.26 bits per heavy atom. The van der Waals surface area contributed by atoms with Crippen molar-refractivity contribution in [1.29, 1.82) is 0 Å². The number of hydrogen-bond donors (Lipinski definition) is 2. The lowest BCUT2D eigenvalue weighted by atomic mass is 10.1. The molecule has 0 fully saturated rings. The van der Waals surface area contributed by atoms with Crippen LogP contribution >= 0.6 is 11.8 Å². The molecule has 0 unspecified atom stereocenters. The van der Waals surface area contributed by atoms with E-state index in [0.717, 1.165) is 27.5 Å². The fraction of sp³-hybridized carbons (Fsp3) is 0.133. The van der Waals surface area contributed by atoms with Crippen molar-refractivity contribution in [2.45, 2.75) is 17.6 Å². The molecule has 2 aromatic carbocycles. The van der Waals surface area contributed by atoms with Crippen LogP contribution in [-0.4, -0.2) is 11.1 Å². The van der Waals surface area contributed by atoms with Crippen LogP contribution in [0.25, 0.3) is 0 Å². The summed E-state index contributed by atoms with van der Waals surface area (Å²) >= 11 is 1.68. The molecule has 0 aliphatic carbocycles. The zero-order valence-electron chi connectivity index (χ0n) is 10.6. The third kappa shape index (κ3) is 3.51. The molecule has 0 spiro atoms. The lowest BCUT2D eigenvalue weighted by Crippen LogP contribution is -1.96. The van der Waals surface area contributed by atoms with Crippen molar-refractivity contribution >= 4 is 23.4 Å². The fourth-order valence-corrected chi connectivity index (χ4v) is 2.74. The molecule has 2 rings (SSSR count). The maximum atomic E-state index is 10.9. The predicted octanol–water partition coefficient (Wildman–Crippen LogP) is 3.57. The largest absolute Gasteiger partial charge is 0.478 e. The van der Waals surface area contributed by atoms with E-state index < -0.39 is 5.97 Å². The van der Waals surface area contributed by atoms with Gasteiger partial charge in [-0.1, -0.05) is 12.1 Å². The predicted molar refractivity (Wildman–Crippen MR) is 78.6 cm³/mol. The Bertz CT molecular complexity index is 611. The molecule has 0 aromatic heterocycles. The first kappa shape index (κ1) is 13.5. The number of nitrogen functional groups attached to an aromatic ring is 1. The van der Waals surface area contributed by atoms with Gasteiger partial charge in [-0.25, -0.2) is 4.79 Å². The van der Waals surface area contributed by atoms with E-state index in [1.54, 1.807) is 30.0 Å². The normalized spacial score (nSPS) is 10.4. The highest BCUT2D eigenvalue weighted by molar-refractivity contribution is 7.98. The van der Waals surface area contributed by atoms with Gasteiger partial charge in [0.05, 0.1) is 5.56 Å². The molecule has 2 aromatic rings. The average Bonchev–Trinajstić information content (AvgIpc) is 2.38. The van der Waals surface area contributed by atoms with Crippen molar-refractivity contribution in [3.63, 3.8) is 0 Å².